The summed E-state index contributed by atoms with van der Waals surface area (Å²) in [6, 6.07) is 10.2. The molecule has 0 N–H and O–H groups in total. The van der Waals surface area contributed by atoms with Gasteiger partial charge in [-0.25, -0.2) is 0 Å². The maximum absolute atomic E-state index is 12.1. The summed E-state index contributed by atoms with van der Waals surface area (Å²) in [6.07, 6.45) is 1.59. The zero-order chi connectivity index (χ0) is 13.4. The molecule has 2 aliphatic rings. The third kappa shape index (κ3) is 2.44. The first kappa shape index (κ1) is 12.8. The Hall–Kier alpha value is -1.22. The standard InChI is InChI=1S/C16H18O2S/c1-10-8-13(17)15-11(2)16(18-14(15)9-10)19-12-6-4-3-5-7-12/h3-7,10-11,16H,8-9H2,1-2H3/t10?,11-,16+/m1/s1. The van der Waals surface area contributed by atoms with Crippen LogP contribution in [0.25, 0.3) is 0 Å². The second-order valence-corrected chi connectivity index (χ2v) is 6.65. The number of benzene rings is 1. The molecule has 1 aliphatic heterocycles. The molecule has 0 saturated heterocycles. The van der Waals surface area contributed by atoms with Crippen molar-refractivity contribution in [3.8, 4) is 0 Å². The number of allylic oxidation sites excluding steroid dienone is 1. The molecule has 0 aromatic heterocycles. The van der Waals surface area contributed by atoms with Crippen molar-refractivity contribution in [2.24, 2.45) is 11.8 Å². The van der Waals surface area contributed by atoms with Gasteiger partial charge in [0.1, 0.15) is 5.76 Å². The van der Waals surface area contributed by atoms with E-state index in [4.69, 9.17) is 4.74 Å². The Morgan fingerprint density at radius 2 is 1.89 bits per heavy atom. The van der Waals surface area contributed by atoms with Gasteiger partial charge in [-0.3, -0.25) is 4.79 Å². The first-order chi connectivity index (χ1) is 9.15. The highest BCUT2D eigenvalue weighted by atomic mass is 32.2. The highest BCUT2D eigenvalue weighted by molar-refractivity contribution is 7.99. The van der Waals surface area contributed by atoms with Crippen molar-refractivity contribution >= 4 is 17.5 Å². The second kappa shape index (κ2) is 5.04. The number of Topliss-reactive ketones (excluding diaryl/α,β-unsaturated/α-hetero) is 1. The molecular formula is C16H18O2S. The van der Waals surface area contributed by atoms with E-state index in [9.17, 15) is 4.79 Å². The van der Waals surface area contributed by atoms with Gasteiger partial charge < -0.3 is 4.74 Å². The van der Waals surface area contributed by atoms with Crippen LogP contribution in [0.15, 0.2) is 46.6 Å². The Balaban J connectivity index is 1.77. The van der Waals surface area contributed by atoms with E-state index in [-0.39, 0.29) is 17.1 Å². The molecule has 3 atom stereocenters. The summed E-state index contributed by atoms with van der Waals surface area (Å²) in [5.74, 6) is 1.85. The van der Waals surface area contributed by atoms with Crippen LogP contribution in [0, 0.1) is 11.8 Å². The van der Waals surface area contributed by atoms with Crippen LogP contribution >= 0.6 is 11.8 Å². The van der Waals surface area contributed by atoms with E-state index in [0.717, 1.165) is 17.8 Å². The van der Waals surface area contributed by atoms with Crippen molar-refractivity contribution in [1.29, 1.82) is 0 Å². The molecule has 0 bridgehead atoms. The number of hydrogen-bond acceptors (Lipinski definition) is 3. The van der Waals surface area contributed by atoms with Crippen molar-refractivity contribution in [2.45, 2.75) is 37.0 Å². The van der Waals surface area contributed by atoms with Gasteiger partial charge in [-0.2, -0.15) is 0 Å². The predicted molar refractivity (Wildman–Crippen MR) is 76.8 cm³/mol. The summed E-state index contributed by atoms with van der Waals surface area (Å²) < 4.78 is 6.04. The predicted octanol–water partition coefficient (Wildman–Crippen LogP) is 4.02. The van der Waals surface area contributed by atoms with Gasteiger partial charge in [0.2, 0.25) is 0 Å². The fourth-order valence-electron chi connectivity index (χ4n) is 2.84. The summed E-state index contributed by atoms with van der Waals surface area (Å²) in [5.41, 5.74) is 0.994. The number of carbonyl (C=O) groups excluding carboxylic acids is 1. The molecule has 1 heterocycles. The quantitative estimate of drug-likeness (QED) is 0.814. The average molecular weight is 274 g/mol. The van der Waals surface area contributed by atoms with Gasteiger partial charge in [0.15, 0.2) is 11.2 Å². The Bertz CT molecular complexity index is 521. The smallest absolute Gasteiger partial charge is 0.162 e. The summed E-state index contributed by atoms with van der Waals surface area (Å²) in [4.78, 5) is 13.3. The SMILES string of the molecule is CC1CC(=O)C2=C(C1)O[C@@H](Sc1ccccc1)[C@@H]2C. The van der Waals surface area contributed by atoms with Crippen LogP contribution in [0.5, 0.6) is 0 Å². The summed E-state index contributed by atoms with van der Waals surface area (Å²) >= 11 is 1.71. The Morgan fingerprint density at radius 1 is 1.16 bits per heavy atom. The molecular weight excluding hydrogens is 256 g/mol. The molecule has 100 valence electrons. The molecule has 0 amide bonds. The van der Waals surface area contributed by atoms with E-state index < -0.39 is 0 Å². The van der Waals surface area contributed by atoms with E-state index in [1.807, 2.05) is 18.2 Å². The van der Waals surface area contributed by atoms with Gasteiger partial charge >= 0.3 is 0 Å². The normalized spacial score (nSPS) is 30.2. The van der Waals surface area contributed by atoms with Crippen LogP contribution < -0.4 is 0 Å². The lowest BCUT2D eigenvalue weighted by atomic mass is 9.85. The third-order valence-electron chi connectivity index (χ3n) is 3.79. The minimum Gasteiger partial charge on any atom is -0.483 e. The number of ether oxygens (including phenoxy) is 1. The highest BCUT2D eigenvalue weighted by Gasteiger charge is 2.40. The monoisotopic (exact) mass is 274 g/mol. The van der Waals surface area contributed by atoms with Gasteiger partial charge in [-0.05, 0) is 18.1 Å². The lowest BCUT2D eigenvalue weighted by Gasteiger charge is -2.18. The molecule has 1 aromatic rings. The van der Waals surface area contributed by atoms with Crippen molar-refractivity contribution < 1.29 is 9.53 Å². The van der Waals surface area contributed by atoms with Crippen molar-refractivity contribution in [3.05, 3.63) is 41.7 Å². The number of carbonyl (C=O) groups is 1. The van der Waals surface area contributed by atoms with E-state index in [0.29, 0.717) is 12.3 Å². The van der Waals surface area contributed by atoms with Gasteiger partial charge in [0.05, 0.1) is 0 Å². The van der Waals surface area contributed by atoms with Crippen LogP contribution in [-0.2, 0) is 9.53 Å². The number of ketones is 1. The molecule has 0 saturated carbocycles. The maximum atomic E-state index is 12.1. The second-order valence-electron chi connectivity index (χ2n) is 5.48. The average Bonchev–Trinajstić information content (AvgIpc) is 2.67. The van der Waals surface area contributed by atoms with E-state index in [1.165, 1.54) is 4.90 Å². The molecule has 0 radical (unpaired) electrons. The van der Waals surface area contributed by atoms with Crippen molar-refractivity contribution in [2.75, 3.05) is 0 Å². The van der Waals surface area contributed by atoms with Crippen LogP contribution in [0.3, 0.4) is 0 Å². The summed E-state index contributed by atoms with van der Waals surface area (Å²) in [5, 5.41) is 0. The van der Waals surface area contributed by atoms with Gasteiger partial charge in [-0.1, -0.05) is 43.8 Å². The molecule has 1 aromatic carbocycles. The number of rotatable bonds is 2. The molecule has 1 aliphatic carbocycles. The minimum atomic E-state index is 0.0432. The lowest BCUT2D eigenvalue weighted by molar-refractivity contribution is -0.117. The molecule has 3 heteroatoms. The third-order valence-corrected chi connectivity index (χ3v) is 5.07. The van der Waals surface area contributed by atoms with Crippen LogP contribution in [0.4, 0.5) is 0 Å². The largest absolute Gasteiger partial charge is 0.483 e. The Kier molecular flexibility index (Phi) is 3.40. The zero-order valence-corrected chi connectivity index (χ0v) is 12.1. The molecule has 19 heavy (non-hydrogen) atoms. The van der Waals surface area contributed by atoms with E-state index >= 15 is 0 Å². The molecule has 2 nitrogen and oxygen atoms in total. The van der Waals surface area contributed by atoms with Crippen LogP contribution in [0.1, 0.15) is 26.7 Å². The Labute approximate surface area is 118 Å². The maximum Gasteiger partial charge on any atom is 0.162 e. The molecule has 0 fully saturated rings. The van der Waals surface area contributed by atoms with Gasteiger partial charge in [-0.15, -0.1) is 0 Å². The molecule has 3 rings (SSSR count). The summed E-state index contributed by atoms with van der Waals surface area (Å²) in [7, 11) is 0. The minimum absolute atomic E-state index is 0.0432. The van der Waals surface area contributed by atoms with Crippen molar-refractivity contribution in [1.82, 2.24) is 0 Å². The molecule has 0 spiro atoms. The van der Waals surface area contributed by atoms with Gasteiger partial charge in [0.25, 0.3) is 0 Å². The van der Waals surface area contributed by atoms with Gasteiger partial charge in [0, 0.05) is 29.2 Å². The highest BCUT2D eigenvalue weighted by Crippen LogP contribution is 2.45. The first-order valence-electron chi connectivity index (χ1n) is 6.79. The Morgan fingerprint density at radius 3 is 2.63 bits per heavy atom. The van der Waals surface area contributed by atoms with Crippen LogP contribution in [-0.4, -0.2) is 11.2 Å². The van der Waals surface area contributed by atoms with Crippen molar-refractivity contribution in [3.63, 3.8) is 0 Å². The number of hydrogen-bond donors (Lipinski definition) is 0. The van der Waals surface area contributed by atoms with Crippen LogP contribution in [0.2, 0.25) is 0 Å². The topological polar surface area (TPSA) is 26.3 Å². The summed E-state index contributed by atoms with van der Waals surface area (Å²) in [6.45, 7) is 4.23. The van der Waals surface area contributed by atoms with E-state index in [2.05, 4.69) is 26.0 Å². The lowest BCUT2D eigenvalue weighted by Crippen LogP contribution is -2.19. The fourth-order valence-corrected chi connectivity index (χ4v) is 3.92. The first-order valence-corrected chi connectivity index (χ1v) is 7.67. The zero-order valence-electron chi connectivity index (χ0n) is 11.3. The number of thioether (sulfide) groups is 1. The fraction of sp³-hybridized carbons (Fsp3) is 0.438. The molecule has 1 unspecified atom stereocenters. The van der Waals surface area contributed by atoms with E-state index in [1.54, 1.807) is 11.8 Å².